The van der Waals surface area contributed by atoms with E-state index in [1.807, 2.05) is 0 Å². The molecule has 1 aromatic heterocycles. The van der Waals surface area contributed by atoms with Gasteiger partial charge in [0.15, 0.2) is 0 Å². The van der Waals surface area contributed by atoms with E-state index >= 15 is 0 Å². The quantitative estimate of drug-likeness (QED) is 0.620. The Morgan fingerprint density at radius 3 is 2.74 bits per heavy atom. The summed E-state index contributed by atoms with van der Waals surface area (Å²) < 4.78 is 38.9. The van der Waals surface area contributed by atoms with Crippen LogP contribution in [0.2, 0.25) is 0 Å². The van der Waals surface area contributed by atoms with Crippen LogP contribution in [0.25, 0.3) is 10.8 Å². The molecule has 1 saturated carbocycles. The van der Waals surface area contributed by atoms with Gasteiger partial charge in [0.05, 0.1) is 5.56 Å². The molecule has 1 fully saturated rings. The van der Waals surface area contributed by atoms with Crippen LogP contribution in [0.15, 0.2) is 54.7 Å². The molecule has 3 unspecified atom stereocenters. The molecule has 0 amide bonds. The van der Waals surface area contributed by atoms with Crippen LogP contribution >= 0.6 is 0 Å². The molecule has 0 bridgehead atoms. The fraction of sp³-hybridized carbons (Fsp3) is 0.318. The number of aryl methyl sites for hydroxylation is 1. The van der Waals surface area contributed by atoms with Crippen LogP contribution < -0.4 is 5.32 Å². The molecule has 2 aromatic carbocycles. The van der Waals surface area contributed by atoms with Gasteiger partial charge in [0.25, 0.3) is 0 Å². The van der Waals surface area contributed by atoms with E-state index in [1.54, 1.807) is 12.3 Å². The minimum absolute atomic E-state index is 0.323. The number of pyridine rings is 1. The third-order valence-electron chi connectivity index (χ3n) is 6.16. The van der Waals surface area contributed by atoms with Gasteiger partial charge in [0.2, 0.25) is 0 Å². The number of hydrogen-bond acceptors (Lipinski definition) is 2. The summed E-state index contributed by atoms with van der Waals surface area (Å²) in [5, 5.41) is 4.82. The molecule has 1 heterocycles. The van der Waals surface area contributed by atoms with Crippen molar-refractivity contribution in [2.24, 2.45) is 5.92 Å². The van der Waals surface area contributed by atoms with Gasteiger partial charge < -0.3 is 5.32 Å². The Bertz CT molecular complexity index is 1010. The van der Waals surface area contributed by atoms with E-state index in [0.717, 1.165) is 30.7 Å². The minimum Gasteiger partial charge on any atom is -0.367 e. The number of nitrogens with zero attached hydrogens (tertiary/aromatic N) is 1. The zero-order valence-corrected chi connectivity index (χ0v) is 14.6. The van der Waals surface area contributed by atoms with Gasteiger partial charge >= 0.3 is 6.18 Å². The second-order valence-corrected chi connectivity index (χ2v) is 7.59. The summed E-state index contributed by atoms with van der Waals surface area (Å²) in [7, 11) is 0. The number of benzene rings is 2. The molecular formula is C22H19F3N2. The first kappa shape index (κ1) is 16.6. The number of hydrogen-bond donors (Lipinski definition) is 1. The van der Waals surface area contributed by atoms with Gasteiger partial charge in [0, 0.05) is 17.6 Å². The van der Waals surface area contributed by atoms with Crippen molar-refractivity contribution in [2.75, 3.05) is 5.32 Å². The van der Waals surface area contributed by atoms with Crippen LogP contribution in [0.5, 0.6) is 0 Å². The lowest BCUT2D eigenvalue weighted by atomic mass is 9.60. The summed E-state index contributed by atoms with van der Waals surface area (Å²) in [5.74, 6) is 1.83. The van der Waals surface area contributed by atoms with E-state index in [0.29, 0.717) is 29.1 Å². The smallest absolute Gasteiger partial charge is 0.367 e. The van der Waals surface area contributed by atoms with Gasteiger partial charge in [0.1, 0.15) is 5.82 Å². The highest BCUT2D eigenvalue weighted by Gasteiger charge is 2.44. The Balaban J connectivity index is 1.40. The SMILES string of the molecule is FC(F)(F)c1ccc2c(NC3CC4c5ccccc5CCC34)nccc2c1. The average Bonchev–Trinajstić information content (AvgIpc) is 2.64. The van der Waals surface area contributed by atoms with Crippen molar-refractivity contribution in [2.45, 2.75) is 37.4 Å². The lowest BCUT2D eigenvalue weighted by Crippen LogP contribution is -2.47. The minimum atomic E-state index is -4.33. The molecule has 5 rings (SSSR count). The van der Waals surface area contributed by atoms with E-state index in [9.17, 15) is 13.2 Å². The van der Waals surface area contributed by atoms with Crippen LogP contribution in [0.3, 0.4) is 0 Å². The highest BCUT2D eigenvalue weighted by Crippen LogP contribution is 2.50. The first-order chi connectivity index (χ1) is 13.0. The zero-order valence-electron chi connectivity index (χ0n) is 14.6. The van der Waals surface area contributed by atoms with Crippen molar-refractivity contribution in [1.29, 1.82) is 0 Å². The normalized spacial score (nSPS) is 24.0. The van der Waals surface area contributed by atoms with Crippen molar-refractivity contribution in [1.82, 2.24) is 4.98 Å². The molecule has 0 aliphatic heterocycles. The maximum Gasteiger partial charge on any atom is 0.416 e. The first-order valence-electron chi connectivity index (χ1n) is 9.31. The molecule has 27 heavy (non-hydrogen) atoms. The van der Waals surface area contributed by atoms with Gasteiger partial charge in [-0.15, -0.1) is 0 Å². The van der Waals surface area contributed by atoms with Crippen LogP contribution in [0.1, 0.15) is 35.4 Å². The summed E-state index contributed by atoms with van der Waals surface area (Å²) in [6.45, 7) is 0. The van der Waals surface area contributed by atoms with Crippen LogP contribution in [0, 0.1) is 5.92 Å². The summed E-state index contributed by atoms with van der Waals surface area (Å²) in [6.07, 6.45) is 0.523. The molecule has 0 radical (unpaired) electrons. The number of alkyl halides is 3. The highest BCUT2D eigenvalue weighted by atomic mass is 19.4. The summed E-state index contributed by atoms with van der Waals surface area (Å²) in [5.41, 5.74) is 2.30. The van der Waals surface area contributed by atoms with Crippen molar-refractivity contribution >= 4 is 16.6 Å². The molecule has 2 aliphatic rings. The Labute approximate surface area is 155 Å². The average molecular weight is 368 g/mol. The third-order valence-corrected chi connectivity index (χ3v) is 6.16. The van der Waals surface area contributed by atoms with Crippen LogP contribution in [-0.2, 0) is 12.6 Å². The zero-order chi connectivity index (χ0) is 18.6. The molecular weight excluding hydrogens is 349 g/mol. The van der Waals surface area contributed by atoms with E-state index in [2.05, 4.69) is 34.6 Å². The molecule has 3 aromatic rings. The van der Waals surface area contributed by atoms with Crippen molar-refractivity contribution in [3.8, 4) is 0 Å². The van der Waals surface area contributed by atoms with Crippen LogP contribution in [0.4, 0.5) is 19.0 Å². The molecule has 5 heteroatoms. The molecule has 138 valence electrons. The highest BCUT2D eigenvalue weighted by molar-refractivity contribution is 5.92. The number of rotatable bonds is 2. The number of anilines is 1. The van der Waals surface area contributed by atoms with Crippen molar-refractivity contribution < 1.29 is 13.2 Å². The number of halogens is 3. The molecule has 1 N–H and O–H groups in total. The third kappa shape index (κ3) is 2.76. The summed E-state index contributed by atoms with van der Waals surface area (Å²) in [4.78, 5) is 4.41. The predicted molar refractivity (Wildman–Crippen MR) is 99.8 cm³/mol. The second kappa shape index (κ2) is 5.98. The predicted octanol–water partition coefficient (Wildman–Crippen LogP) is 5.78. The Morgan fingerprint density at radius 1 is 1.04 bits per heavy atom. The Kier molecular flexibility index (Phi) is 3.67. The van der Waals surface area contributed by atoms with Gasteiger partial charge in [-0.25, -0.2) is 4.98 Å². The maximum absolute atomic E-state index is 13.0. The van der Waals surface area contributed by atoms with Gasteiger partial charge in [-0.05, 0) is 65.8 Å². The standard InChI is InChI=1S/C22H19F3N2/c23-22(24,25)15-6-8-17-14(11-15)9-10-26-21(17)27-20-12-19-16-4-2-1-3-13(16)5-7-18(19)20/h1-4,6,8-11,18-20H,5,7,12H2,(H,26,27). The van der Waals surface area contributed by atoms with E-state index in [4.69, 9.17) is 0 Å². The monoisotopic (exact) mass is 368 g/mol. The largest absolute Gasteiger partial charge is 0.416 e. The second-order valence-electron chi connectivity index (χ2n) is 7.59. The topological polar surface area (TPSA) is 24.9 Å². The Hall–Kier alpha value is -2.56. The van der Waals surface area contributed by atoms with Crippen molar-refractivity contribution in [3.05, 3.63) is 71.4 Å². The van der Waals surface area contributed by atoms with Gasteiger partial charge in [-0.1, -0.05) is 30.3 Å². The number of nitrogens with one attached hydrogen (secondary N) is 1. The first-order valence-corrected chi connectivity index (χ1v) is 9.31. The number of aromatic nitrogens is 1. The molecule has 0 spiro atoms. The lowest BCUT2D eigenvalue weighted by Gasteiger charge is -2.49. The molecule has 3 atom stereocenters. The van der Waals surface area contributed by atoms with Crippen molar-refractivity contribution in [3.63, 3.8) is 0 Å². The van der Waals surface area contributed by atoms with Gasteiger partial charge in [-0.2, -0.15) is 13.2 Å². The fourth-order valence-electron chi connectivity index (χ4n) is 4.72. The number of fused-ring (bicyclic) bond motifs is 4. The van der Waals surface area contributed by atoms with E-state index in [-0.39, 0.29) is 0 Å². The Morgan fingerprint density at radius 2 is 1.89 bits per heavy atom. The van der Waals surface area contributed by atoms with E-state index < -0.39 is 11.7 Å². The molecule has 2 aliphatic carbocycles. The molecule has 2 nitrogen and oxygen atoms in total. The van der Waals surface area contributed by atoms with E-state index in [1.165, 1.54) is 23.3 Å². The van der Waals surface area contributed by atoms with Gasteiger partial charge in [-0.3, -0.25) is 0 Å². The summed E-state index contributed by atoms with van der Waals surface area (Å²) >= 11 is 0. The van der Waals surface area contributed by atoms with Crippen LogP contribution in [-0.4, -0.2) is 11.0 Å². The maximum atomic E-state index is 13.0. The molecule has 0 saturated heterocycles. The summed E-state index contributed by atoms with van der Waals surface area (Å²) in [6, 6.07) is 14.5. The lowest BCUT2D eigenvalue weighted by molar-refractivity contribution is -0.137. The fourth-order valence-corrected chi connectivity index (χ4v) is 4.72.